The van der Waals surface area contributed by atoms with Crippen molar-refractivity contribution in [3.63, 3.8) is 0 Å². The molecule has 0 aliphatic heterocycles. The molecule has 1 amide bonds. The molecule has 0 spiro atoms. The first kappa shape index (κ1) is 14.3. The van der Waals surface area contributed by atoms with E-state index in [1.807, 2.05) is 26.1 Å². The normalized spacial score (nSPS) is 11.0. The first-order valence-electron chi connectivity index (χ1n) is 7.15. The standard InChI is InChI=1S/C17H18N4O/c1-10-4-5-15-13(6-10)7-14(8-19-15)17-11(2)20-21(12(17)3)9-16(18)22/h4-8H,9H2,1-3H3,(H2,18,22). The highest BCUT2D eigenvalue weighted by molar-refractivity contribution is 5.85. The maximum absolute atomic E-state index is 11.1. The summed E-state index contributed by atoms with van der Waals surface area (Å²) in [6.45, 7) is 6.03. The largest absolute Gasteiger partial charge is 0.368 e. The second kappa shape index (κ2) is 5.26. The van der Waals surface area contributed by atoms with Crippen molar-refractivity contribution < 1.29 is 4.79 Å². The van der Waals surface area contributed by atoms with Crippen molar-refractivity contribution in [2.75, 3.05) is 0 Å². The highest BCUT2D eigenvalue weighted by Crippen LogP contribution is 2.28. The number of carbonyl (C=O) groups is 1. The lowest BCUT2D eigenvalue weighted by Gasteiger charge is -2.06. The predicted octanol–water partition coefficient (Wildman–Crippen LogP) is 2.51. The number of rotatable bonds is 3. The summed E-state index contributed by atoms with van der Waals surface area (Å²) in [6, 6.07) is 8.30. The van der Waals surface area contributed by atoms with Crippen molar-refractivity contribution >= 4 is 16.8 Å². The van der Waals surface area contributed by atoms with Crippen LogP contribution in [0.1, 0.15) is 17.0 Å². The Hall–Kier alpha value is -2.69. The van der Waals surface area contributed by atoms with Gasteiger partial charge in [-0.1, -0.05) is 11.6 Å². The quantitative estimate of drug-likeness (QED) is 0.806. The second-order valence-corrected chi connectivity index (χ2v) is 5.59. The van der Waals surface area contributed by atoms with Gasteiger partial charge in [0.15, 0.2) is 0 Å². The van der Waals surface area contributed by atoms with Crippen molar-refractivity contribution in [1.29, 1.82) is 0 Å². The molecule has 0 saturated carbocycles. The Morgan fingerprint density at radius 2 is 2.00 bits per heavy atom. The Morgan fingerprint density at radius 1 is 1.23 bits per heavy atom. The molecule has 1 aromatic carbocycles. The number of carbonyl (C=O) groups excluding carboxylic acids is 1. The Balaban J connectivity index is 2.14. The van der Waals surface area contributed by atoms with Gasteiger partial charge in [0.05, 0.1) is 11.2 Å². The van der Waals surface area contributed by atoms with Gasteiger partial charge in [-0.25, -0.2) is 0 Å². The summed E-state index contributed by atoms with van der Waals surface area (Å²) in [5.74, 6) is -0.399. The Morgan fingerprint density at radius 3 is 2.73 bits per heavy atom. The molecule has 0 aliphatic carbocycles. The number of pyridine rings is 1. The smallest absolute Gasteiger partial charge is 0.239 e. The van der Waals surface area contributed by atoms with E-state index in [1.165, 1.54) is 5.56 Å². The molecular formula is C17H18N4O. The third-order valence-corrected chi connectivity index (χ3v) is 3.81. The van der Waals surface area contributed by atoms with Gasteiger partial charge in [-0.05, 0) is 39.0 Å². The van der Waals surface area contributed by atoms with Gasteiger partial charge in [0.25, 0.3) is 0 Å². The number of benzene rings is 1. The van der Waals surface area contributed by atoms with E-state index in [9.17, 15) is 4.79 Å². The third kappa shape index (κ3) is 2.45. The molecular weight excluding hydrogens is 276 g/mol. The van der Waals surface area contributed by atoms with E-state index in [-0.39, 0.29) is 6.54 Å². The molecule has 0 radical (unpaired) electrons. The van der Waals surface area contributed by atoms with Crippen LogP contribution in [0, 0.1) is 20.8 Å². The first-order valence-corrected chi connectivity index (χ1v) is 7.15. The van der Waals surface area contributed by atoms with Gasteiger partial charge in [-0.15, -0.1) is 0 Å². The molecule has 3 aromatic rings. The lowest BCUT2D eigenvalue weighted by atomic mass is 10.0. The van der Waals surface area contributed by atoms with Gasteiger partial charge in [0.1, 0.15) is 6.54 Å². The van der Waals surface area contributed by atoms with Crippen molar-refractivity contribution in [2.24, 2.45) is 5.73 Å². The van der Waals surface area contributed by atoms with E-state index < -0.39 is 5.91 Å². The van der Waals surface area contributed by atoms with Gasteiger partial charge in [-0.3, -0.25) is 14.5 Å². The van der Waals surface area contributed by atoms with E-state index in [0.717, 1.165) is 33.4 Å². The van der Waals surface area contributed by atoms with Gasteiger partial charge in [0, 0.05) is 28.4 Å². The van der Waals surface area contributed by atoms with Crippen LogP contribution < -0.4 is 5.73 Å². The summed E-state index contributed by atoms with van der Waals surface area (Å²) < 4.78 is 1.65. The minimum atomic E-state index is -0.399. The zero-order valence-electron chi connectivity index (χ0n) is 12.9. The Bertz CT molecular complexity index is 880. The first-order chi connectivity index (χ1) is 10.5. The van der Waals surface area contributed by atoms with Crippen molar-refractivity contribution in [1.82, 2.24) is 14.8 Å². The third-order valence-electron chi connectivity index (χ3n) is 3.81. The highest BCUT2D eigenvalue weighted by Gasteiger charge is 2.15. The molecule has 3 rings (SSSR count). The molecule has 0 saturated heterocycles. The molecule has 0 fully saturated rings. The van der Waals surface area contributed by atoms with Crippen molar-refractivity contribution in [3.8, 4) is 11.1 Å². The van der Waals surface area contributed by atoms with Gasteiger partial charge in [0.2, 0.25) is 5.91 Å². The number of hydrogen-bond donors (Lipinski definition) is 1. The molecule has 22 heavy (non-hydrogen) atoms. The molecule has 0 bridgehead atoms. The molecule has 2 aromatic heterocycles. The number of aromatic nitrogens is 3. The summed E-state index contributed by atoms with van der Waals surface area (Å²) in [4.78, 5) is 15.7. The van der Waals surface area contributed by atoms with Crippen LogP contribution in [0.3, 0.4) is 0 Å². The molecule has 112 valence electrons. The maximum Gasteiger partial charge on any atom is 0.239 e. The fraction of sp³-hybridized carbons (Fsp3) is 0.235. The van der Waals surface area contributed by atoms with Gasteiger partial charge >= 0.3 is 0 Å². The topological polar surface area (TPSA) is 73.8 Å². The number of hydrogen-bond acceptors (Lipinski definition) is 3. The number of fused-ring (bicyclic) bond motifs is 1. The second-order valence-electron chi connectivity index (χ2n) is 5.59. The average Bonchev–Trinajstić information content (AvgIpc) is 2.72. The van der Waals surface area contributed by atoms with Gasteiger partial charge < -0.3 is 5.73 Å². The molecule has 0 atom stereocenters. The van der Waals surface area contributed by atoms with E-state index in [1.54, 1.807) is 4.68 Å². The summed E-state index contributed by atoms with van der Waals surface area (Å²) >= 11 is 0. The van der Waals surface area contributed by atoms with Gasteiger partial charge in [-0.2, -0.15) is 5.10 Å². The Labute approximate surface area is 128 Å². The summed E-state index contributed by atoms with van der Waals surface area (Å²) in [7, 11) is 0. The van der Waals surface area contributed by atoms with E-state index >= 15 is 0 Å². The summed E-state index contributed by atoms with van der Waals surface area (Å²) in [6.07, 6.45) is 1.85. The summed E-state index contributed by atoms with van der Waals surface area (Å²) in [5, 5.41) is 5.51. The van der Waals surface area contributed by atoms with Crippen LogP contribution in [0.25, 0.3) is 22.0 Å². The zero-order valence-corrected chi connectivity index (χ0v) is 12.9. The highest BCUT2D eigenvalue weighted by atomic mass is 16.1. The monoisotopic (exact) mass is 294 g/mol. The maximum atomic E-state index is 11.1. The fourth-order valence-corrected chi connectivity index (χ4v) is 2.80. The number of aryl methyl sites for hydroxylation is 2. The van der Waals surface area contributed by atoms with E-state index in [2.05, 4.69) is 35.2 Å². The van der Waals surface area contributed by atoms with Crippen LogP contribution in [0.4, 0.5) is 0 Å². The van der Waals surface area contributed by atoms with Crippen LogP contribution in [-0.4, -0.2) is 20.7 Å². The van der Waals surface area contributed by atoms with Crippen LogP contribution in [0.5, 0.6) is 0 Å². The molecule has 0 unspecified atom stereocenters. The average molecular weight is 294 g/mol. The summed E-state index contributed by atoms with van der Waals surface area (Å²) in [5.41, 5.74) is 11.2. The van der Waals surface area contributed by atoms with Crippen LogP contribution >= 0.6 is 0 Å². The lowest BCUT2D eigenvalue weighted by molar-refractivity contribution is -0.118. The fourth-order valence-electron chi connectivity index (χ4n) is 2.80. The Kier molecular flexibility index (Phi) is 3.41. The molecule has 2 heterocycles. The SMILES string of the molecule is Cc1ccc2ncc(-c3c(C)nn(CC(N)=O)c3C)cc2c1. The molecule has 5 nitrogen and oxygen atoms in total. The van der Waals surface area contributed by atoms with Crippen LogP contribution in [0.2, 0.25) is 0 Å². The molecule has 0 aliphatic rings. The lowest BCUT2D eigenvalue weighted by Crippen LogP contribution is -2.20. The molecule has 2 N–H and O–H groups in total. The number of amides is 1. The van der Waals surface area contributed by atoms with Crippen LogP contribution in [-0.2, 0) is 11.3 Å². The van der Waals surface area contributed by atoms with Crippen molar-refractivity contribution in [3.05, 3.63) is 47.4 Å². The number of nitrogens with two attached hydrogens (primary N) is 1. The van der Waals surface area contributed by atoms with Crippen LogP contribution in [0.15, 0.2) is 30.5 Å². The number of nitrogens with zero attached hydrogens (tertiary/aromatic N) is 3. The van der Waals surface area contributed by atoms with Crippen molar-refractivity contribution in [2.45, 2.75) is 27.3 Å². The number of primary amides is 1. The minimum absolute atomic E-state index is 0.0901. The van der Waals surface area contributed by atoms with E-state index in [4.69, 9.17) is 5.73 Å². The molecule has 5 heteroatoms. The zero-order chi connectivity index (χ0) is 15.9. The predicted molar refractivity (Wildman–Crippen MR) is 86.4 cm³/mol. The van der Waals surface area contributed by atoms with E-state index in [0.29, 0.717) is 0 Å². The minimum Gasteiger partial charge on any atom is -0.368 e.